The van der Waals surface area contributed by atoms with Gasteiger partial charge in [-0.25, -0.2) is 4.68 Å². The molecule has 0 aliphatic rings. The van der Waals surface area contributed by atoms with Crippen molar-refractivity contribution in [3.05, 3.63) is 41.2 Å². The Bertz CT molecular complexity index is 550. The molecule has 18 heavy (non-hydrogen) atoms. The summed E-state index contributed by atoms with van der Waals surface area (Å²) in [7, 11) is 0. The van der Waals surface area contributed by atoms with Crippen LogP contribution in [0, 0.1) is 0 Å². The highest BCUT2D eigenvalue weighted by atomic mass is 35.5. The number of benzene rings is 1. The van der Waals surface area contributed by atoms with Gasteiger partial charge in [-0.2, -0.15) is 13.9 Å². The first-order valence-electron chi connectivity index (χ1n) is 5.61. The van der Waals surface area contributed by atoms with E-state index < -0.39 is 6.55 Å². The SMILES string of the molecule is CC(C)c1cc(Cl)ccc1-c1cnn(C(F)F)c1. The van der Waals surface area contributed by atoms with E-state index >= 15 is 0 Å². The molecule has 0 amide bonds. The van der Waals surface area contributed by atoms with Crippen molar-refractivity contribution in [1.82, 2.24) is 9.78 Å². The van der Waals surface area contributed by atoms with Gasteiger partial charge in [0.1, 0.15) is 0 Å². The van der Waals surface area contributed by atoms with Crippen LogP contribution in [0.15, 0.2) is 30.6 Å². The average molecular weight is 271 g/mol. The lowest BCUT2D eigenvalue weighted by Crippen LogP contribution is -1.97. The molecule has 0 radical (unpaired) electrons. The molecule has 1 aromatic carbocycles. The number of nitrogens with zero attached hydrogens (tertiary/aromatic N) is 2. The van der Waals surface area contributed by atoms with E-state index in [1.807, 2.05) is 26.0 Å². The van der Waals surface area contributed by atoms with Crippen molar-refractivity contribution in [2.45, 2.75) is 26.3 Å². The molecule has 0 saturated carbocycles. The first-order valence-corrected chi connectivity index (χ1v) is 5.99. The highest BCUT2D eigenvalue weighted by Gasteiger charge is 2.13. The Morgan fingerprint density at radius 3 is 2.56 bits per heavy atom. The third-order valence-electron chi connectivity index (χ3n) is 2.75. The molecule has 0 saturated heterocycles. The van der Waals surface area contributed by atoms with Crippen molar-refractivity contribution in [2.24, 2.45) is 0 Å². The third kappa shape index (κ3) is 2.53. The van der Waals surface area contributed by atoms with Crippen molar-refractivity contribution >= 4 is 11.6 Å². The minimum absolute atomic E-state index is 0.258. The van der Waals surface area contributed by atoms with Crippen LogP contribution in [0.2, 0.25) is 5.02 Å². The maximum absolute atomic E-state index is 12.5. The third-order valence-corrected chi connectivity index (χ3v) is 2.98. The average Bonchev–Trinajstić information content (AvgIpc) is 2.78. The number of hydrogen-bond acceptors (Lipinski definition) is 1. The van der Waals surface area contributed by atoms with Crippen LogP contribution in [-0.4, -0.2) is 9.78 Å². The molecule has 96 valence electrons. The van der Waals surface area contributed by atoms with Gasteiger partial charge in [-0.05, 0) is 29.2 Å². The summed E-state index contributed by atoms with van der Waals surface area (Å²) in [6.07, 6.45) is 2.79. The molecule has 0 atom stereocenters. The zero-order valence-corrected chi connectivity index (χ0v) is 10.8. The number of rotatable bonds is 3. The molecule has 0 aliphatic heterocycles. The van der Waals surface area contributed by atoms with Crippen LogP contribution in [0.5, 0.6) is 0 Å². The van der Waals surface area contributed by atoms with Gasteiger partial charge in [0.15, 0.2) is 0 Å². The van der Waals surface area contributed by atoms with E-state index in [0.717, 1.165) is 11.1 Å². The Morgan fingerprint density at radius 1 is 1.28 bits per heavy atom. The predicted molar refractivity (Wildman–Crippen MR) is 68.0 cm³/mol. The first kappa shape index (κ1) is 13.0. The molecule has 2 aromatic rings. The van der Waals surface area contributed by atoms with Crippen molar-refractivity contribution in [1.29, 1.82) is 0 Å². The van der Waals surface area contributed by atoms with Crippen LogP contribution < -0.4 is 0 Å². The second kappa shape index (κ2) is 5.06. The van der Waals surface area contributed by atoms with Crippen LogP contribution in [0.4, 0.5) is 8.78 Å². The normalized spacial score (nSPS) is 11.5. The van der Waals surface area contributed by atoms with Gasteiger partial charge in [-0.3, -0.25) is 0 Å². The molecule has 5 heteroatoms. The van der Waals surface area contributed by atoms with Crippen molar-refractivity contribution in [3.8, 4) is 11.1 Å². The van der Waals surface area contributed by atoms with Crippen LogP contribution in [0.3, 0.4) is 0 Å². The van der Waals surface area contributed by atoms with Crippen molar-refractivity contribution in [2.75, 3.05) is 0 Å². The van der Waals surface area contributed by atoms with Gasteiger partial charge in [-0.1, -0.05) is 31.5 Å². The molecular formula is C13H13ClF2N2. The number of halogens is 3. The molecular weight excluding hydrogens is 258 g/mol. The minimum Gasteiger partial charge on any atom is -0.211 e. The molecule has 0 spiro atoms. The molecule has 1 heterocycles. The van der Waals surface area contributed by atoms with Gasteiger partial charge < -0.3 is 0 Å². The zero-order valence-electron chi connectivity index (χ0n) is 10.1. The van der Waals surface area contributed by atoms with Crippen molar-refractivity contribution < 1.29 is 8.78 Å². The molecule has 0 unspecified atom stereocenters. The summed E-state index contributed by atoms with van der Waals surface area (Å²) in [5, 5.41) is 4.29. The molecule has 2 nitrogen and oxygen atoms in total. The standard InChI is InChI=1S/C13H13ClF2N2/c1-8(2)12-5-10(14)3-4-11(12)9-6-17-18(7-9)13(15)16/h3-8,13H,1-2H3. The van der Waals surface area contributed by atoms with E-state index in [1.54, 1.807) is 6.07 Å². The van der Waals surface area contributed by atoms with Gasteiger partial charge in [-0.15, -0.1) is 0 Å². The van der Waals surface area contributed by atoms with E-state index in [2.05, 4.69) is 5.10 Å². The zero-order chi connectivity index (χ0) is 13.3. The molecule has 0 aliphatic carbocycles. The predicted octanol–water partition coefficient (Wildman–Crippen LogP) is 4.72. The first-order chi connectivity index (χ1) is 8.49. The summed E-state index contributed by atoms with van der Waals surface area (Å²) in [5.74, 6) is 0.258. The lowest BCUT2D eigenvalue weighted by molar-refractivity contribution is 0.0566. The largest absolute Gasteiger partial charge is 0.333 e. The van der Waals surface area contributed by atoms with Crippen LogP contribution >= 0.6 is 11.6 Å². The van der Waals surface area contributed by atoms with Crippen LogP contribution in [-0.2, 0) is 0 Å². The van der Waals surface area contributed by atoms with E-state index in [1.165, 1.54) is 12.4 Å². The summed E-state index contributed by atoms with van der Waals surface area (Å²) >= 11 is 5.96. The Kier molecular flexibility index (Phi) is 3.66. The highest BCUT2D eigenvalue weighted by molar-refractivity contribution is 6.30. The number of alkyl halides is 2. The molecule has 0 fully saturated rings. The maximum atomic E-state index is 12.5. The fourth-order valence-electron chi connectivity index (χ4n) is 1.86. The highest BCUT2D eigenvalue weighted by Crippen LogP contribution is 2.31. The summed E-state index contributed by atoms with van der Waals surface area (Å²) in [4.78, 5) is 0. The van der Waals surface area contributed by atoms with Crippen molar-refractivity contribution in [3.63, 3.8) is 0 Å². The Labute approximate surface area is 109 Å². The fourth-order valence-corrected chi connectivity index (χ4v) is 2.04. The van der Waals surface area contributed by atoms with Gasteiger partial charge >= 0.3 is 6.55 Å². The topological polar surface area (TPSA) is 17.8 Å². The number of aromatic nitrogens is 2. The molecule has 0 bridgehead atoms. The molecule has 0 N–H and O–H groups in total. The van der Waals surface area contributed by atoms with E-state index in [9.17, 15) is 8.78 Å². The summed E-state index contributed by atoms with van der Waals surface area (Å²) < 4.78 is 25.6. The van der Waals surface area contributed by atoms with Gasteiger partial charge in [0.05, 0.1) is 6.20 Å². The second-order valence-corrected chi connectivity index (χ2v) is 4.81. The lowest BCUT2D eigenvalue weighted by Gasteiger charge is -2.11. The Morgan fingerprint density at radius 2 is 2.00 bits per heavy atom. The van der Waals surface area contributed by atoms with Crippen LogP contribution in [0.25, 0.3) is 11.1 Å². The van der Waals surface area contributed by atoms with E-state index in [4.69, 9.17) is 11.6 Å². The van der Waals surface area contributed by atoms with Gasteiger partial charge in [0.25, 0.3) is 0 Å². The maximum Gasteiger partial charge on any atom is 0.333 e. The van der Waals surface area contributed by atoms with E-state index in [-0.39, 0.29) is 5.92 Å². The summed E-state index contributed by atoms with van der Waals surface area (Å²) in [6, 6.07) is 5.45. The van der Waals surface area contributed by atoms with Gasteiger partial charge in [0.2, 0.25) is 0 Å². The van der Waals surface area contributed by atoms with Crippen LogP contribution in [0.1, 0.15) is 31.9 Å². The number of hydrogen-bond donors (Lipinski definition) is 0. The smallest absolute Gasteiger partial charge is 0.211 e. The lowest BCUT2D eigenvalue weighted by atomic mass is 9.94. The summed E-state index contributed by atoms with van der Waals surface area (Å²) in [5.41, 5.74) is 2.59. The molecule has 2 rings (SSSR count). The fraction of sp³-hybridized carbons (Fsp3) is 0.308. The second-order valence-electron chi connectivity index (χ2n) is 4.37. The quantitative estimate of drug-likeness (QED) is 0.789. The monoisotopic (exact) mass is 270 g/mol. The Balaban J connectivity index is 2.49. The minimum atomic E-state index is -2.62. The Hall–Kier alpha value is -1.42. The van der Waals surface area contributed by atoms with E-state index in [0.29, 0.717) is 15.3 Å². The van der Waals surface area contributed by atoms with Gasteiger partial charge in [0, 0.05) is 16.8 Å². The molecule has 1 aromatic heterocycles. The summed E-state index contributed by atoms with van der Waals surface area (Å²) in [6.45, 7) is 1.45.